The Morgan fingerprint density at radius 3 is 2.71 bits per heavy atom. The van der Waals surface area contributed by atoms with Crippen molar-refractivity contribution in [1.82, 2.24) is 14.8 Å². The van der Waals surface area contributed by atoms with Crippen molar-refractivity contribution in [1.29, 1.82) is 5.26 Å². The molecule has 1 amide bonds. The lowest BCUT2D eigenvalue weighted by molar-refractivity contribution is 0.100. The molecule has 0 aliphatic rings. The van der Waals surface area contributed by atoms with Crippen LogP contribution < -0.4 is 5.73 Å². The molecule has 2 N–H and O–H groups in total. The summed E-state index contributed by atoms with van der Waals surface area (Å²) in [7, 11) is 0. The second-order valence-corrected chi connectivity index (χ2v) is 3.46. The Kier molecular flexibility index (Phi) is 2.83. The fourth-order valence-corrected chi connectivity index (χ4v) is 1.43. The highest BCUT2D eigenvalue weighted by Crippen LogP contribution is 2.06. The normalized spacial score (nSPS) is 9.82. The summed E-state index contributed by atoms with van der Waals surface area (Å²) >= 11 is 0. The van der Waals surface area contributed by atoms with Gasteiger partial charge in [0.1, 0.15) is 12.4 Å². The van der Waals surface area contributed by atoms with Crippen molar-refractivity contribution in [3.8, 4) is 6.07 Å². The minimum absolute atomic E-state index is 0.254. The first-order valence-corrected chi connectivity index (χ1v) is 4.87. The summed E-state index contributed by atoms with van der Waals surface area (Å²) in [5, 5.41) is 16.1. The zero-order chi connectivity index (χ0) is 12.3. The van der Waals surface area contributed by atoms with Crippen molar-refractivity contribution in [2.45, 2.75) is 6.54 Å². The average Bonchev–Trinajstić information content (AvgIpc) is 2.77. The predicted octanol–water partition coefficient (Wildman–Crippen LogP) is 0.297. The molecule has 0 aliphatic heterocycles. The van der Waals surface area contributed by atoms with Crippen molar-refractivity contribution in [2.24, 2.45) is 5.73 Å². The summed E-state index contributed by atoms with van der Waals surface area (Å²) in [6.45, 7) is 0.481. The lowest BCUT2D eigenvalue weighted by Gasteiger charge is -2.03. The van der Waals surface area contributed by atoms with E-state index in [1.807, 2.05) is 6.07 Å². The molecule has 2 rings (SSSR count). The molecular formula is C11H9N5O. The Bertz CT molecular complexity index is 579. The van der Waals surface area contributed by atoms with E-state index in [4.69, 9.17) is 11.0 Å². The van der Waals surface area contributed by atoms with Crippen LogP contribution >= 0.6 is 0 Å². The van der Waals surface area contributed by atoms with Crippen LogP contribution in [0.4, 0.5) is 0 Å². The molecule has 0 atom stereocenters. The highest BCUT2D eigenvalue weighted by Gasteiger charge is 2.04. The summed E-state index contributed by atoms with van der Waals surface area (Å²) in [4.78, 5) is 10.9. The number of benzene rings is 1. The first kappa shape index (κ1) is 10.8. The van der Waals surface area contributed by atoms with Gasteiger partial charge < -0.3 is 10.3 Å². The van der Waals surface area contributed by atoms with Crippen LogP contribution in [-0.2, 0) is 6.54 Å². The van der Waals surface area contributed by atoms with E-state index in [-0.39, 0.29) is 5.82 Å². The number of amides is 1. The Balaban J connectivity index is 2.20. The second-order valence-electron chi connectivity index (χ2n) is 3.46. The van der Waals surface area contributed by atoms with Crippen LogP contribution in [0.3, 0.4) is 0 Å². The van der Waals surface area contributed by atoms with E-state index in [0.29, 0.717) is 12.1 Å². The number of hydrogen-bond donors (Lipinski definition) is 1. The molecule has 0 unspecified atom stereocenters. The first-order valence-electron chi connectivity index (χ1n) is 4.87. The van der Waals surface area contributed by atoms with Gasteiger partial charge in [-0.25, -0.2) is 0 Å². The molecule has 6 nitrogen and oxygen atoms in total. The maximum Gasteiger partial charge on any atom is 0.248 e. The number of nitrogens with two attached hydrogens (primary N) is 1. The highest BCUT2D eigenvalue weighted by molar-refractivity contribution is 5.92. The molecule has 17 heavy (non-hydrogen) atoms. The molecular weight excluding hydrogens is 218 g/mol. The monoisotopic (exact) mass is 227 g/mol. The van der Waals surface area contributed by atoms with Gasteiger partial charge in [0.15, 0.2) is 0 Å². The number of nitrogens with zero attached hydrogens (tertiary/aromatic N) is 4. The van der Waals surface area contributed by atoms with Gasteiger partial charge in [0.05, 0.1) is 6.54 Å². The van der Waals surface area contributed by atoms with Crippen LogP contribution in [0.2, 0.25) is 0 Å². The van der Waals surface area contributed by atoms with Crippen LogP contribution in [0.25, 0.3) is 0 Å². The standard InChI is InChI=1S/C11H9N5O/c12-5-10-15-14-7-16(10)6-8-1-3-9(4-2-8)11(13)17/h1-4,7H,6H2,(H2,13,17). The minimum atomic E-state index is -0.460. The van der Waals surface area contributed by atoms with Crippen molar-refractivity contribution in [3.05, 3.63) is 47.5 Å². The predicted molar refractivity (Wildman–Crippen MR) is 58.8 cm³/mol. The van der Waals surface area contributed by atoms with Gasteiger partial charge in [0, 0.05) is 5.56 Å². The maximum absolute atomic E-state index is 10.9. The zero-order valence-electron chi connectivity index (χ0n) is 8.87. The van der Waals surface area contributed by atoms with Crippen molar-refractivity contribution in [2.75, 3.05) is 0 Å². The van der Waals surface area contributed by atoms with E-state index in [1.54, 1.807) is 28.8 Å². The topological polar surface area (TPSA) is 97.6 Å². The Labute approximate surface area is 97.3 Å². The average molecular weight is 227 g/mol. The van der Waals surface area contributed by atoms with E-state index in [9.17, 15) is 4.79 Å². The van der Waals surface area contributed by atoms with Crippen molar-refractivity contribution < 1.29 is 4.79 Å². The molecule has 0 radical (unpaired) electrons. The van der Waals surface area contributed by atoms with E-state index in [0.717, 1.165) is 5.56 Å². The molecule has 0 bridgehead atoms. The van der Waals surface area contributed by atoms with Crippen LogP contribution in [0.15, 0.2) is 30.6 Å². The molecule has 0 saturated heterocycles. The van der Waals surface area contributed by atoms with Crippen LogP contribution in [0, 0.1) is 11.3 Å². The quantitative estimate of drug-likeness (QED) is 0.815. The smallest absolute Gasteiger partial charge is 0.248 e. The third kappa shape index (κ3) is 2.29. The Morgan fingerprint density at radius 1 is 1.41 bits per heavy atom. The lowest BCUT2D eigenvalue weighted by atomic mass is 10.1. The molecule has 0 fully saturated rings. The number of aromatic nitrogens is 3. The summed E-state index contributed by atoms with van der Waals surface area (Å²) in [5.74, 6) is -0.206. The van der Waals surface area contributed by atoms with Gasteiger partial charge >= 0.3 is 0 Å². The van der Waals surface area contributed by atoms with Gasteiger partial charge in [-0.1, -0.05) is 12.1 Å². The number of primary amides is 1. The number of carbonyl (C=O) groups is 1. The van der Waals surface area contributed by atoms with Crippen molar-refractivity contribution in [3.63, 3.8) is 0 Å². The molecule has 1 heterocycles. The number of carbonyl (C=O) groups excluding carboxylic acids is 1. The van der Waals surface area contributed by atoms with Crippen LogP contribution in [0.5, 0.6) is 0 Å². The third-order valence-electron chi connectivity index (χ3n) is 2.31. The van der Waals surface area contributed by atoms with Gasteiger partial charge in [0.2, 0.25) is 11.7 Å². The summed E-state index contributed by atoms with van der Waals surface area (Å²) in [6, 6.07) is 8.79. The lowest BCUT2D eigenvalue weighted by Crippen LogP contribution is -2.10. The Hall–Kier alpha value is -2.68. The fourth-order valence-electron chi connectivity index (χ4n) is 1.43. The molecule has 1 aromatic carbocycles. The maximum atomic E-state index is 10.9. The van der Waals surface area contributed by atoms with Crippen LogP contribution in [-0.4, -0.2) is 20.7 Å². The largest absolute Gasteiger partial charge is 0.366 e. The summed E-state index contributed by atoms with van der Waals surface area (Å²) in [5.41, 5.74) is 6.53. The van der Waals surface area contributed by atoms with Crippen LogP contribution in [0.1, 0.15) is 21.7 Å². The van der Waals surface area contributed by atoms with E-state index < -0.39 is 5.91 Å². The van der Waals surface area contributed by atoms with E-state index in [2.05, 4.69) is 10.2 Å². The molecule has 6 heteroatoms. The van der Waals surface area contributed by atoms with E-state index >= 15 is 0 Å². The molecule has 0 spiro atoms. The molecule has 2 aromatic rings. The van der Waals surface area contributed by atoms with Gasteiger partial charge in [0.25, 0.3) is 0 Å². The fraction of sp³-hybridized carbons (Fsp3) is 0.0909. The number of nitriles is 1. The number of hydrogen-bond acceptors (Lipinski definition) is 4. The van der Waals surface area contributed by atoms with Gasteiger partial charge in [-0.05, 0) is 17.7 Å². The third-order valence-corrected chi connectivity index (χ3v) is 2.31. The van der Waals surface area contributed by atoms with E-state index in [1.165, 1.54) is 6.33 Å². The molecule has 0 aliphatic carbocycles. The van der Waals surface area contributed by atoms with Gasteiger partial charge in [-0.2, -0.15) is 5.26 Å². The summed E-state index contributed by atoms with van der Waals surface area (Å²) < 4.78 is 1.62. The molecule has 1 aromatic heterocycles. The number of rotatable bonds is 3. The Morgan fingerprint density at radius 2 is 2.12 bits per heavy atom. The van der Waals surface area contributed by atoms with Crippen molar-refractivity contribution >= 4 is 5.91 Å². The summed E-state index contributed by atoms with van der Waals surface area (Å²) in [6.07, 6.45) is 1.49. The minimum Gasteiger partial charge on any atom is -0.366 e. The SMILES string of the molecule is N#Cc1nncn1Cc1ccc(C(N)=O)cc1. The second kappa shape index (κ2) is 4.45. The van der Waals surface area contributed by atoms with Gasteiger partial charge in [-0.15, -0.1) is 10.2 Å². The molecule has 0 saturated carbocycles. The molecule has 84 valence electrons. The highest BCUT2D eigenvalue weighted by atomic mass is 16.1. The van der Waals surface area contributed by atoms with Gasteiger partial charge in [-0.3, -0.25) is 4.79 Å². The first-order chi connectivity index (χ1) is 8.20. The zero-order valence-corrected chi connectivity index (χ0v) is 8.87.